The smallest absolute Gasteiger partial charge is 0.274 e. The normalized spacial score (nSPS) is 18.4. The van der Waals surface area contributed by atoms with Gasteiger partial charge in [-0.25, -0.2) is 0 Å². The lowest BCUT2D eigenvalue weighted by molar-refractivity contribution is -0.385. The summed E-state index contributed by atoms with van der Waals surface area (Å²) in [5.41, 5.74) is 3.29. The first-order valence-electron chi connectivity index (χ1n) is 7.47. The molecule has 23 heavy (non-hydrogen) atoms. The molecule has 1 aliphatic heterocycles. The minimum Gasteiger partial charge on any atom is -0.378 e. The number of nitrogens with one attached hydrogen (secondary N) is 1. The Morgan fingerprint density at radius 2 is 2.04 bits per heavy atom. The zero-order chi connectivity index (χ0) is 16.6. The minimum atomic E-state index is -0.335. The lowest BCUT2D eigenvalue weighted by Crippen LogP contribution is -2.31. The van der Waals surface area contributed by atoms with Crippen molar-refractivity contribution in [3.63, 3.8) is 0 Å². The van der Waals surface area contributed by atoms with Crippen molar-refractivity contribution in [2.75, 3.05) is 5.32 Å². The molecule has 0 fully saturated rings. The summed E-state index contributed by atoms with van der Waals surface area (Å²) < 4.78 is 0. The number of nitriles is 1. The van der Waals surface area contributed by atoms with Crippen molar-refractivity contribution in [1.82, 2.24) is 0 Å². The van der Waals surface area contributed by atoms with E-state index in [0.717, 1.165) is 17.7 Å². The van der Waals surface area contributed by atoms with Crippen molar-refractivity contribution in [2.45, 2.75) is 31.7 Å². The summed E-state index contributed by atoms with van der Waals surface area (Å²) in [6.45, 7) is 4.21. The Balaban J connectivity index is 2.06. The van der Waals surface area contributed by atoms with E-state index in [9.17, 15) is 10.1 Å². The molecule has 1 atom stereocenters. The number of nitro benzene ring substituents is 1. The number of para-hydroxylation sites is 1. The summed E-state index contributed by atoms with van der Waals surface area (Å²) in [6.07, 6.45) is 0.722. The molecule has 0 aliphatic carbocycles. The van der Waals surface area contributed by atoms with Gasteiger partial charge in [-0.3, -0.25) is 10.1 Å². The lowest BCUT2D eigenvalue weighted by atomic mass is 9.73. The van der Waals surface area contributed by atoms with E-state index in [1.807, 2.05) is 18.2 Å². The molecular weight excluding hydrogens is 290 g/mol. The quantitative estimate of drug-likeness (QED) is 0.662. The monoisotopic (exact) mass is 307 g/mol. The van der Waals surface area contributed by atoms with Crippen LogP contribution in [0.4, 0.5) is 11.4 Å². The lowest BCUT2D eigenvalue weighted by Gasteiger charge is -2.38. The van der Waals surface area contributed by atoms with E-state index in [2.05, 4.69) is 25.2 Å². The molecule has 2 aromatic rings. The summed E-state index contributed by atoms with van der Waals surface area (Å²) in [6, 6.07) is 14.4. The molecule has 0 saturated carbocycles. The van der Waals surface area contributed by atoms with Gasteiger partial charge in [-0.05, 0) is 35.6 Å². The Labute approximate surface area is 134 Å². The number of hydrogen-bond donors (Lipinski definition) is 1. The molecule has 0 aromatic heterocycles. The topological polar surface area (TPSA) is 79.0 Å². The second-order valence-corrected chi connectivity index (χ2v) is 6.47. The largest absolute Gasteiger partial charge is 0.378 e. The highest BCUT2D eigenvalue weighted by Gasteiger charge is 2.35. The predicted molar refractivity (Wildman–Crippen MR) is 88.3 cm³/mol. The van der Waals surface area contributed by atoms with Gasteiger partial charge < -0.3 is 5.32 Å². The second-order valence-electron chi connectivity index (χ2n) is 6.47. The number of benzene rings is 2. The first kappa shape index (κ1) is 15.0. The number of anilines is 1. The van der Waals surface area contributed by atoms with Crippen LogP contribution in [0.15, 0.2) is 42.5 Å². The van der Waals surface area contributed by atoms with Crippen LogP contribution in [0.5, 0.6) is 0 Å². The van der Waals surface area contributed by atoms with E-state index in [-0.39, 0.29) is 22.1 Å². The maximum atomic E-state index is 11.3. The zero-order valence-electron chi connectivity index (χ0n) is 13.0. The minimum absolute atomic E-state index is 0.132. The standard InChI is InChI=1S/C18H17N3O2/c1-18(2)10-16(13-5-3-4-6-17(13)21(22)23)20-15-8-7-12(11-19)9-14(15)18/h3-9,16,20H,10H2,1-2H3. The van der Waals surface area contributed by atoms with Gasteiger partial charge >= 0.3 is 0 Å². The van der Waals surface area contributed by atoms with Gasteiger partial charge in [0.05, 0.1) is 28.2 Å². The molecule has 2 aromatic carbocycles. The molecule has 1 heterocycles. The van der Waals surface area contributed by atoms with Crippen molar-refractivity contribution in [2.24, 2.45) is 0 Å². The highest BCUT2D eigenvalue weighted by atomic mass is 16.6. The third-order valence-electron chi connectivity index (χ3n) is 4.43. The first-order valence-corrected chi connectivity index (χ1v) is 7.47. The molecule has 0 radical (unpaired) electrons. The number of rotatable bonds is 2. The van der Waals surface area contributed by atoms with Crippen molar-refractivity contribution in [3.05, 3.63) is 69.3 Å². The molecule has 1 aliphatic rings. The zero-order valence-corrected chi connectivity index (χ0v) is 13.0. The van der Waals surface area contributed by atoms with E-state index >= 15 is 0 Å². The second kappa shape index (κ2) is 5.40. The SMILES string of the molecule is CC1(C)CC(c2ccccc2[N+](=O)[O-])Nc2ccc(C#N)cc21. The number of fused-ring (bicyclic) bond motifs is 1. The third kappa shape index (κ3) is 2.64. The predicted octanol–water partition coefficient (Wildman–Crippen LogP) is 4.30. The van der Waals surface area contributed by atoms with Crippen LogP contribution < -0.4 is 5.32 Å². The summed E-state index contributed by atoms with van der Waals surface area (Å²) >= 11 is 0. The van der Waals surface area contributed by atoms with E-state index in [1.54, 1.807) is 18.2 Å². The van der Waals surface area contributed by atoms with Crippen LogP contribution in [0, 0.1) is 21.4 Å². The van der Waals surface area contributed by atoms with Gasteiger partial charge in [0.1, 0.15) is 0 Å². The van der Waals surface area contributed by atoms with Gasteiger partial charge in [-0.1, -0.05) is 32.0 Å². The number of hydrogen-bond acceptors (Lipinski definition) is 4. The van der Waals surface area contributed by atoms with Crippen LogP contribution in [0.1, 0.15) is 43.0 Å². The summed E-state index contributed by atoms with van der Waals surface area (Å²) in [4.78, 5) is 11.0. The van der Waals surface area contributed by atoms with Crippen LogP contribution in [-0.2, 0) is 5.41 Å². The van der Waals surface area contributed by atoms with Crippen molar-refractivity contribution in [1.29, 1.82) is 5.26 Å². The summed E-state index contributed by atoms with van der Waals surface area (Å²) in [7, 11) is 0. The van der Waals surface area contributed by atoms with Gasteiger partial charge in [0.25, 0.3) is 5.69 Å². The summed E-state index contributed by atoms with van der Waals surface area (Å²) in [5, 5.41) is 23.8. The molecular formula is C18H17N3O2. The molecule has 0 bridgehead atoms. The van der Waals surface area contributed by atoms with Crippen LogP contribution >= 0.6 is 0 Å². The van der Waals surface area contributed by atoms with E-state index in [1.165, 1.54) is 6.07 Å². The molecule has 116 valence electrons. The highest BCUT2D eigenvalue weighted by Crippen LogP contribution is 2.45. The average Bonchev–Trinajstić information content (AvgIpc) is 2.54. The Bertz CT molecular complexity index is 821. The Morgan fingerprint density at radius 1 is 1.30 bits per heavy atom. The Kier molecular flexibility index (Phi) is 3.53. The molecule has 5 nitrogen and oxygen atoms in total. The highest BCUT2D eigenvalue weighted by molar-refractivity contribution is 5.62. The van der Waals surface area contributed by atoms with E-state index in [0.29, 0.717) is 11.1 Å². The molecule has 1 unspecified atom stereocenters. The van der Waals surface area contributed by atoms with Crippen molar-refractivity contribution < 1.29 is 4.92 Å². The molecule has 3 rings (SSSR count). The Morgan fingerprint density at radius 3 is 2.74 bits per heavy atom. The molecule has 0 saturated heterocycles. The fourth-order valence-electron chi connectivity index (χ4n) is 3.29. The fraction of sp³-hybridized carbons (Fsp3) is 0.278. The van der Waals surface area contributed by atoms with Gasteiger partial charge in [0.15, 0.2) is 0 Å². The maximum absolute atomic E-state index is 11.3. The van der Waals surface area contributed by atoms with Gasteiger partial charge in [0.2, 0.25) is 0 Å². The maximum Gasteiger partial charge on any atom is 0.274 e. The van der Waals surface area contributed by atoms with Gasteiger partial charge in [-0.2, -0.15) is 5.26 Å². The van der Waals surface area contributed by atoms with Crippen LogP contribution in [0.2, 0.25) is 0 Å². The van der Waals surface area contributed by atoms with Crippen LogP contribution in [0.3, 0.4) is 0 Å². The molecule has 1 N–H and O–H groups in total. The molecule has 0 spiro atoms. The van der Waals surface area contributed by atoms with Crippen molar-refractivity contribution >= 4 is 11.4 Å². The number of nitrogens with zero attached hydrogens (tertiary/aromatic N) is 2. The van der Waals surface area contributed by atoms with Crippen molar-refractivity contribution in [3.8, 4) is 6.07 Å². The molecule has 0 amide bonds. The molecule has 5 heteroatoms. The van der Waals surface area contributed by atoms with Gasteiger partial charge in [-0.15, -0.1) is 0 Å². The first-order chi connectivity index (χ1) is 10.9. The van der Waals surface area contributed by atoms with E-state index in [4.69, 9.17) is 5.26 Å². The average molecular weight is 307 g/mol. The third-order valence-corrected chi connectivity index (χ3v) is 4.43. The number of nitro groups is 1. The summed E-state index contributed by atoms with van der Waals surface area (Å²) in [5.74, 6) is 0. The fourth-order valence-corrected chi connectivity index (χ4v) is 3.29. The van der Waals surface area contributed by atoms with Crippen LogP contribution in [0.25, 0.3) is 0 Å². The Hall–Kier alpha value is -2.87. The van der Waals surface area contributed by atoms with E-state index < -0.39 is 0 Å². The van der Waals surface area contributed by atoms with Gasteiger partial charge in [0, 0.05) is 11.8 Å². The van der Waals surface area contributed by atoms with Crippen LogP contribution in [-0.4, -0.2) is 4.92 Å².